The van der Waals surface area contributed by atoms with Crippen LogP contribution in [-0.2, 0) is 6.42 Å². The van der Waals surface area contributed by atoms with Crippen LogP contribution in [-0.4, -0.2) is 36.5 Å². The van der Waals surface area contributed by atoms with E-state index in [1.54, 1.807) is 0 Å². The molecule has 3 nitrogen and oxygen atoms in total. The van der Waals surface area contributed by atoms with Gasteiger partial charge in [-0.3, -0.25) is 4.79 Å². The molecule has 1 N–H and O–H groups in total. The van der Waals surface area contributed by atoms with Gasteiger partial charge >= 0.3 is 0 Å². The van der Waals surface area contributed by atoms with Crippen molar-refractivity contribution in [3.8, 4) is 0 Å². The van der Waals surface area contributed by atoms with E-state index in [4.69, 9.17) is 0 Å². The Balaban J connectivity index is 1.48. The van der Waals surface area contributed by atoms with E-state index < -0.39 is 0 Å². The van der Waals surface area contributed by atoms with Gasteiger partial charge in [0.05, 0.1) is 4.88 Å². The van der Waals surface area contributed by atoms with E-state index in [1.807, 2.05) is 17.5 Å². The van der Waals surface area contributed by atoms with Gasteiger partial charge in [0.25, 0.3) is 5.91 Å². The summed E-state index contributed by atoms with van der Waals surface area (Å²) in [5, 5.41) is 5.13. The predicted octanol–water partition coefficient (Wildman–Crippen LogP) is 3.19. The summed E-state index contributed by atoms with van der Waals surface area (Å²) in [5.74, 6) is 0.0740. The van der Waals surface area contributed by atoms with Gasteiger partial charge in [-0.1, -0.05) is 36.4 Å². The molecule has 4 heteroatoms. The first kappa shape index (κ1) is 15.3. The van der Waals surface area contributed by atoms with Crippen molar-refractivity contribution >= 4 is 17.2 Å². The van der Waals surface area contributed by atoms with Gasteiger partial charge in [-0.15, -0.1) is 11.3 Å². The molecule has 0 spiro atoms. The van der Waals surface area contributed by atoms with E-state index in [9.17, 15) is 4.79 Å². The van der Waals surface area contributed by atoms with E-state index >= 15 is 0 Å². The zero-order valence-electron chi connectivity index (χ0n) is 12.7. The van der Waals surface area contributed by atoms with E-state index in [2.05, 4.69) is 40.5 Å². The number of carbonyl (C=O) groups excluding carboxylic acids is 1. The predicted molar refractivity (Wildman–Crippen MR) is 91.4 cm³/mol. The van der Waals surface area contributed by atoms with Crippen molar-refractivity contribution in [2.24, 2.45) is 0 Å². The number of benzene rings is 1. The molecular formula is C18H22N2OS. The summed E-state index contributed by atoms with van der Waals surface area (Å²) in [7, 11) is 0. The van der Waals surface area contributed by atoms with Gasteiger partial charge in [-0.2, -0.15) is 0 Å². The third kappa shape index (κ3) is 4.18. The number of amides is 1. The monoisotopic (exact) mass is 314 g/mol. The fraction of sp³-hybridized carbons (Fsp3) is 0.389. The number of hydrogen-bond acceptors (Lipinski definition) is 3. The van der Waals surface area contributed by atoms with E-state index in [0.29, 0.717) is 0 Å². The minimum absolute atomic E-state index is 0.0740. The Hall–Kier alpha value is -1.65. The van der Waals surface area contributed by atoms with Crippen molar-refractivity contribution in [1.29, 1.82) is 0 Å². The molecule has 1 amide bonds. The number of nitrogens with zero attached hydrogens (tertiary/aromatic N) is 1. The molecule has 3 rings (SSSR count). The van der Waals surface area contributed by atoms with Gasteiger partial charge in [0, 0.05) is 19.1 Å². The van der Waals surface area contributed by atoms with Crippen molar-refractivity contribution in [2.75, 3.05) is 19.6 Å². The lowest BCUT2D eigenvalue weighted by Gasteiger charge is -2.33. The largest absolute Gasteiger partial charge is 0.347 e. The number of nitrogens with one attached hydrogen (secondary N) is 1. The maximum Gasteiger partial charge on any atom is 0.261 e. The molecule has 0 radical (unpaired) electrons. The number of rotatable bonds is 5. The summed E-state index contributed by atoms with van der Waals surface area (Å²) in [4.78, 5) is 15.4. The summed E-state index contributed by atoms with van der Waals surface area (Å²) in [6.45, 7) is 3.16. The Kier molecular flexibility index (Phi) is 5.24. The molecule has 2 aromatic rings. The van der Waals surface area contributed by atoms with Crippen LogP contribution in [0.4, 0.5) is 0 Å². The van der Waals surface area contributed by atoms with Crippen LogP contribution in [0.5, 0.6) is 0 Å². The van der Waals surface area contributed by atoms with Crippen LogP contribution in [0, 0.1) is 0 Å². The second-order valence-corrected chi connectivity index (χ2v) is 6.77. The topological polar surface area (TPSA) is 32.3 Å². The molecule has 0 unspecified atom stereocenters. The first-order valence-electron chi connectivity index (χ1n) is 7.92. The van der Waals surface area contributed by atoms with Gasteiger partial charge < -0.3 is 10.2 Å². The van der Waals surface area contributed by atoms with Crippen LogP contribution in [0.2, 0.25) is 0 Å². The maximum atomic E-state index is 12.1. The average Bonchev–Trinajstić information content (AvgIpc) is 3.09. The maximum absolute atomic E-state index is 12.1. The highest BCUT2D eigenvalue weighted by Crippen LogP contribution is 2.14. The van der Waals surface area contributed by atoms with E-state index in [0.717, 1.165) is 43.8 Å². The van der Waals surface area contributed by atoms with E-state index in [1.165, 1.54) is 16.9 Å². The number of piperidine rings is 1. The molecule has 0 aliphatic carbocycles. The smallest absolute Gasteiger partial charge is 0.261 e. The molecule has 1 aliphatic heterocycles. The molecule has 1 aromatic heterocycles. The van der Waals surface area contributed by atoms with Crippen molar-refractivity contribution in [1.82, 2.24) is 10.2 Å². The van der Waals surface area contributed by atoms with Crippen molar-refractivity contribution in [3.63, 3.8) is 0 Å². The van der Waals surface area contributed by atoms with Gasteiger partial charge in [0.15, 0.2) is 0 Å². The van der Waals surface area contributed by atoms with Crippen LogP contribution in [0.25, 0.3) is 0 Å². The fourth-order valence-electron chi connectivity index (χ4n) is 2.97. The van der Waals surface area contributed by atoms with Crippen LogP contribution in [0.3, 0.4) is 0 Å². The van der Waals surface area contributed by atoms with Gasteiger partial charge in [-0.25, -0.2) is 0 Å². The zero-order valence-corrected chi connectivity index (χ0v) is 13.5. The molecule has 22 heavy (non-hydrogen) atoms. The van der Waals surface area contributed by atoms with Crippen LogP contribution in [0.15, 0.2) is 47.8 Å². The third-order valence-electron chi connectivity index (χ3n) is 4.15. The quantitative estimate of drug-likeness (QED) is 0.919. The van der Waals surface area contributed by atoms with Gasteiger partial charge in [0.1, 0.15) is 0 Å². The number of likely N-dealkylation sites (tertiary alicyclic amines) is 1. The highest BCUT2D eigenvalue weighted by atomic mass is 32.1. The molecule has 116 valence electrons. The Morgan fingerprint density at radius 3 is 2.86 bits per heavy atom. The minimum atomic E-state index is 0.0740. The second-order valence-electron chi connectivity index (χ2n) is 5.83. The summed E-state index contributed by atoms with van der Waals surface area (Å²) in [6.07, 6.45) is 3.32. The van der Waals surface area contributed by atoms with E-state index in [-0.39, 0.29) is 11.9 Å². The van der Waals surface area contributed by atoms with Crippen molar-refractivity contribution in [3.05, 3.63) is 58.3 Å². The fourth-order valence-corrected chi connectivity index (χ4v) is 3.60. The molecule has 2 heterocycles. The van der Waals surface area contributed by atoms with Crippen LogP contribution < -0.4 is 5.32 Å². The molecule has 1 aromatic carbocycles. The molecule has 0 saturated carbocycles. The highest BCUT2D eigenvalue weighted by Gasteiger charge is 2.21. The number of thiophene rings is 1. The molecule has 0 bridgehead atoms. The average molecular weight is 314 g/mol. The Labute approximate surface area is 136 Å². The van der Waals surface area contributed by atoms with Gasteiger partial charge in [0.2, 0.25) is 0 Å². The Bertz CT molecular complexity index is 582. The summed E-state index contributed by atoms with van der Waals surface area (Å²) >= 11 is 1.50. The zero-order chi connectivity index (χ0) is 15.2. The Morgan fingerprint density at radius 2 is 2.09 bits per heavy atom. The molecule has 1 fully saturated rings. The molecular weight excluding hydrogens is 292 g/mol. The summed E-state index contributed by atoms with van der Waals surface area (Å²) < 4.78 is 0. The first-order valence-corrected chi connectivity index (χ1v) is 8.80. The molecule has 1 saturated heterocycles. The number of hydrogen-bond donors (Lipinski definition) is 1. The van der Waals surface area contributed by atoms with Gasteiger partial charge in [-0.05, 0) is 42.8 Å². The lowest BCUT2D eigenvalue weighted by molar-refractivity contribution is 0.0908. The SMILES string of the molecule is O=C(N[C@H]1CCCN(CCc2ccccc2)C1)c1cccs1. The number of carbonyl (C=O) groups is 1. The molecule has 1 aliphatic rings. The Morgan fingerprint density at radius 1 is 1.23 bits per heavy atom. The highest BCUT2D eigenvalue weighted by molar-refractivity contribution is 7.12. The minimum Gasteiger partial charge on any atom is -0.347 e. The third-order valence-corrected chi connectivity index (χ3v) is 5.01. The lowest BCUT2D eigenvalue weighted by atomic mass is 10.0. The standard InChI is InChI=1S/C18H22N2OS/c21-18(17-9-5-13-22-17)19-16-8-4-11-20(14-16)12-10-15-6-2-1-3-7-15/h1-3,5-7,9,13,16H,4,8,10-12,14H2,(H,19,21)/t16-/m0/s1. The summed E-state index contributed by atoms with van der Waals surface area (Å²) in [5.41, 5.74) is 1.38. The first-order chi connectivity index (χ1) is 10.8. The normalized spacial score (nSPS) is 19.0. The van der Waals surface area contributed by atoms with Crippen molar-refractivity contribution in [2.45, 2.75) is 25.3 Å². The molecule has 1 atom stereocenters. The van der Waals surface area contributed by atoms with Crippen LogP contribution >= 0.6 is 11.3 Å². The summed E-state index contributed by atoms with van der Waals surface area (Å²) in [6, 6.07) is 14.7. The second kappa shape index (κ2) is 7.56. The van der Waals surface area contributed by atoms with Crippen molar-refractivity contribution < 1.29 is 4.79 Å². The lowest BCUT2D eigenvalue weighted by Crippen LogP contribution is -2.48. The van der Waals surface area contributed by atoms with Crippen LogP contribution in [0.1, 0.15) is 28.1 Å².